The van der Waals surface area contributed by atoms with Gasteiger partial charge in [-0.1, -0.05) is 6.07 Å². The van der Waals surface area contributed by atoms with E-state index in [0.717, 1.165) is 6.66 Å². The summed E-state index contributed by atoms with van der Waals surface area (Å²) in [7, 11) is -2.06. The summed E-state index contributed by atoms with van der Waals surface area (Å²) in [5.41, 5.74) is 1.64. The van der Waals surface area contributed by atoms with E-state index in [0.29, 0.717) is 28.3 Å². The first kappa shape index (κ1) is 25.8. The lowest BCUT2D eigenvalue weighted by Gasteiger charge is -2.15. The minimum Gasteiger partial charge on any atom is -0.441 e. The summed E-state index contributed by atoms with van der Waals surface area (Å²) < 4.78 is 41.2. The number of ether oxygens (including phenoxy) is 2. The molecule has 3 unspecified atom stereocenters. The van der Waals surface area contributed by atoms with E-state index in [4.69, 9.17) is 14.4 Å². The molecule has 0 aliphatic carbocycles. The molecular weight excluding hydrogens is 498 g/mol. The van der Waals surface area contributed by atoms with Crippen LogP contribution in [0, 0.1) is 5.82 Å². The van der Waals surface area contributed by atoms with Crippen molar-refractivity contribution in [2.24, 2.45) is 7.05 Å². The average molecular weight is 522 g/mol. The highest BCUT2D eigenvalue weighted by atomic mass is 31.2. The van der Waals surface area contributed by atoms with E-state index in [1.807, 2.05) is 0 Å². The van der Waals surface area contributed by atoms with Gasteiger partial charge in [0.2, 0.25) is 5.82 Å². The van der Waals surface area contributed by atoms with Gasteiger partial charge in [0.1, 0.15) is 23.7 Å². The molecule has 15 heteroatoms. The third-order valence-electron chi connectivity index (χ3n) is 5.07. The fourth-order valence-corrected chi connectivity index (χ4v) is 3.85. The maximum atomic E-state index is 14.9. The summed E-state index contributed by atoms with van der Waals surface area (Å²) >= 11 is 0. The first-order valence-corrected chi connectivity index (χ1v) is 12.8. The average Bonchev–Trinajstić information content (AvgIpc) is 3.42. The number of nitrogens with zero attached hydrogens (tertiary/aromatic N) is 6. The predicted molar refractivity (Wildman–Crippen MR) is 124 cm³/mol. The molecule has 13 nitrogen and oxygen atoms in total. The molecule has 3 atom stereocenters. The van der Waals surface area contributed by atoms with Crippen LogP contribution in [0.5, 0.6) is 0 Å². The Balaban J connectivity index is 1.34. The molecule has 2 aromatic heterocycles. The summed E-state index contributed by atoms with van der Waals surface area (Å²) in [4.78, 5) is 28.2. The molecule has 1 saturated heterocycles. The van der Waals surface area contributed by atoms with Crippen molar-refractivity contribution in [3.8, 4) is 22.6 Å². The molecule has 2 N–H and O–H groups in total. The van der Waals surface area contributed by atoms with Gasteiger partial charge in [0.25, 0.3) is 0 Å². The van der Waals surface area contributed by atoms with Gasteiger partial charge >= 0.3 is 13.7 Å². The van der Waals surface area contributed by atoms with Crippen LogP contribution >= 0.6 is 7.60 Å². The number of pyridine rings is 1. The molecule has 0 bridgehead atoms. The maximum Gasteiger partial charge on any atom is 0.414 e. The lowest BCUT2D eigenvalue weighted by atomic mass is 10.1. The molecule has 1 aliphatic rings. The van der Waals surface area contributed by atoms with Gasteiger partial charge in [-0.15, -0.1) is 10.2 Å². The Labute approximate surface area is 205 Å². The van der Waals surface area contributed by atoms with Crippen LogP contribution in [0.15, 0.2) is 36.5 Å². The number of tetrazole rings is 1. The fraction of sp³-hybridized carbons (Fsp3) is 0.381. The highest BCUT2D eigenvalue weighted by molar-refractivity contribution is 7.51. The van der Waals surface area contributed by atoms with Gasteiger partial charge in [0, 0.05) is 24.0 Å². The number of aliphatic hydroxyl groups is 1. The zero-order chi connectivity index (χ0) is 25.9. The quantitative estimate of drug-likeness (QED) is 0.372. The van der Waals surface area contributed by atoms with Gasteiger partial charge in [-0.2, -0.15) is 4.80 Å². The first-order chi connectivity index (χ1) is 17.1. The Morgan fingerprint density at radius 2 is 2.11 bits per heavy atom. The number of hydrogen-bond donors (Lipinski definition) is 2. The van der Waals surface area contributed by atoms with Crippen LogP contribution in [0.25, 0.3) is 22.6 Å². The molecule has 1 fully saturated rings. The van der Waals surface area contributed by atoms with Crippen molar-refractivity contribution in [3.63, 3.8) is 0 Å². The molecule has 0 saturated carbocycles. The van der Waals surface area contributed by atoms with Crippen LogP contribution in [-0.2, 0) is 25.6 Å². The normalized spacial score (nSPS) is 18.2. The molecule has 36 heavy (non-hydrogen) atoms. The molecule has 4 rings (SSSR count). The molecule has 3 aromatic rings. The number of hydrogen-bond acceptors (Lipinski definition) is 10. The minimum absolute atomic E-state index is 0.0263. The van der Waals surface area contributed by atoms with E-state index in [9.17, 15) is 18.9 Å². The largest absolute Gasteiger partial charge is 0.441 e. The van der Waals surface area contributed by atoms with Gasteiger partial charge < -0.3 is 24.0 Å². The summed E-state index contributed by atoms with van der Waals surface area (Å²) in [6.45, 7) is 0.543. The van der Waals surface area contributed by atoms with E-state index in [1.165, 1.54) is 22.0 Å². The number of aryl methyl sites for hydroxylation is 1. The van der Waals surface area contributed by atoms with Crippen LogP contribution in [0.3, 0.4) is 0 Å². The van der Waals surface area contributed by atoms with Gasteiger partial charge in [-0.05, 0) is 29.5 Å². The van der Waals surface area contributed by atoms with E-state index < -0.39 is 31.7 Å². The van der Waals surface area contributed by atoms with Crippen molar-refractivity contribution < 1.29 is 37.7 Å². The first-order valence-electron chi connectivity index (χ1n) is 10.8. The second-order valence-corrected chi connectivity index (χ2v) is 9.97. The zero-order valence-corrected chi connectivity index (χ0v) is 20.3. The van der Waals surface area contributed by atoms with Crippen molar-refractivity contribution in [1.82, 2.24) is 25.2 Å². The number of aromatic nitrogens is 5. The van der Waals surface area contributed by atoms with Crippen LogP contribution in [-0.4, -0.2) is 86.5 Å². The maximum absolute atomic E-state index is 14.9. The number of aliphatic hydroxyl groups excluding tert-OH is 1. The molecule has 3 heterocycles. The number of halogens is 1. The molecular formula is C21H24FN6O7P. The topological polar surface area (TPSA) is 162 Å². The van der Waals surface area contributed by atoms with Gasteiger partial charge in [0.15, 0.2) is 0 Å². The van der Waals surface area contributed by atoms with Gasteiger partial charge in [-0.25, -0.2) is 9.18 Å². The van der Waals surface area contributed by atoms with Crippen molar-refractivity contribution in [3.05, 3.63) is 42.3 Å². The van der Waals surface area contributed by atoms with E-state index >= 15 is 0 Å². The Morgan fingerprint density at radius 3 is 2.75 bits per heavy atom. The summed E-state index contributed by atoms with van der Waals surface area (Å²) in [6.07, 6.45) is -0.925. The highest BCUT2D eigenvalue weighted by Crippen LogP contribution is 2.36. The number of benzene rings is 1. The molecule has 192 valence electrons. The second-order valence-electron chi connectivity index (χ2n) is 8.11. The lowest BCUT2D eigenvalue weighted by Crippen LogP contribution is -2.28. The van der Waals surface area contributed by atoms with Crippen LogP contribution in [0.4, 0.5) is 14.9 Å². The smallest absolute Gasteiger partial charge is 0.414 e. The molecule has 0 spiro atoms. The van der Waals surface area contributed by atoms with Crippen molar-refractivity contribution in [2.45, 2.75) is 12.2 Å². The summed E-state index contributed by atoms with van der Waals surface area (Å²) in [6, 6.07) is 7.73. The minimum atomic E-state index is -3.70. The Kier molecular flexibility index (Phi) is 7.71. The number of anilines is 1. The molecule has 1 aliphatic heterocycles. The third kappa shape index (κ3) is 6.47. The Morgan fingerprint density at radius 1 is 1.31 bits per heavy atom. The predicted octanol–water partition coefficient (Wildman–Crippen LogP) is 1.61. The van der Waals surface area contributed by atoms with Gasteiger partial charge in [0.05, 0.1) is 39.1 Å². The number of cyclic esters (lactones) is 1. The lowest BCUT2D eigenvalue weighted by molar-refractivity contribution is -0.0156. The second kappa shape index (κ2) is 10.8. The van der Waals surface area contributed by atoms with Crippen molar-refractivity contribution in [1.29, 1.82) is 0 Å². The van der Waals surface area contributed by atoms with E-state index in [2.05, 4.69) is 24.9 Å². The molecule has 1 aromatic carbocycles. The Bertz CT molecular complexity index is 1270. The third-order valence-corrected chi connectivity index (χ3v) is 5.70. The number of rotatable bonds is 10. The standard InChI is InChI=1S/C21H24FN6O7P/c1-27-25-20(24-26-27)19-6-3-13(8-23-19)17-5-4-14(7-18(17)22)28-9-16(35-21(28)30)12-33-10-15(29)11-34-36(2,31)32/h3-8,15-16,29H,9-12H2,1-2H3,(H,31,32). The number of amides is 1. The summed E-state index contributed by atoms with van der Waals surface area (Å²) in [5, 5.41) is 21.5. The van der Waals surface area contributed by atoms with Crippen molar-refractivity contribution in [2.75, 3.05) is 37.9 Å². The SMILES string of the molecule is Cn1nnc(-c2ccc(-c3ccc(N4CC(COCC(O)COP(C)(=O)O)OC4=O)cc3F)cn2)n1. The van der Waals surface area contributed by atoms with E-state index in [1.54, 1.807) is 31.3 Å². The van der Waals surface area contributed by atoms with Crippen molar-refractivity contribution >= 4 is 19.4 Å². The highest BCUT2D eigenvalue weighted by Gasteiger charge is 2.33. The number of carbonyl (C=O) groups is 1. The van der Waals surface area contributed by atoms with Crippen LogP contribution < -0.4 is 4.90 Å². The Hall–Kier alpha value is -3.29. The van der Waals surface area contributed by atoms with Crippen LogP contribution in [0.1, 0.15) is 0 Å². The van der Waals surface area contributed by atoms with E-state index in [-0.39, 0.29) is 26.4 Å². The zero-order valence-electron chi connectivity index (χ0n) is 19.4. The number of carbonyl (C=O) groups excluding carboxylic acids is 1. The fourth-order valence-electron chi connectivity index (χ4n) is 3.41. The van der Waals surface area contributed by atoms with Crippen LogP contribution in [0.2, 0.25) is 0 Å². The summed E-state index contributed by atoms with van der Waals surface area (Å²) in [5.74, 6) is -0.196. The molecule has 0 radical (unpaired) electrons. The van der Waals surface area contributed by atoms with Gasteiger partial charge in [-0.3, -0.25) is 14.4 Å². The molecule has 1 amide bonds. The monoisotopic (exact) mass is 522 g/mol.